The SMILES string of the molecule is NC(=S)c1c(F)cccc1N1CCOC(CO)C1. The highest BCUT2D eigenvalue weighted by Gasteiger charge is 2.23. The van der Waals surface area contributed by atoms with E-state index in [2.05, 4.69) is 0 Å². The Labute approximate surface area is 110 Å². The Morgan fingerprint density at radius 2 is 2.39 bits per heavy atom. The van der Waals surface area contributed by atoms with Gasteiger partial charge in [0.15, 0.2) is 0 Å². The summed E-state index contributed by atoms with van der Waals surface area (Å²) in [6.07, 6.45) is -0.263. The molecule has 1 saturated heterocycles. The van der Waals surface area contributed by atoms with E-state index in [1.807, 2.05) is 4.90 Å². The molecule has 18 heavy (non-hydrogen) atoms. The topological polar surface area (TPSA) is 58.7 Å². The molecule has 0 spiro atoms. The number of hydrogen-bond donors (Lipinski definition) is 2. The van der Waals surface area contributed by atoms with Crippen molar-refractivity contribution in [2.24, 2.45) is 5.73 Å². The van der Waals surface area contributed by atoms with Crippen molar-refractivity contribution in [2.45, 2.75) is 6.10 Å². The first kappa shape index (κ1) is 13.2. The van der Waals surface area contributed by atoms with Crippen LogP contribution in [0, 0.1) is 5.82 Å². The largest absolute Gasteiger partial charge is 0.394 e. The molecule has 0 amide bonds. The second-order valence-corrected chi connectivity index (χ2v) is 4.56. The molecule has 0 radical (unpaired) electrons. The highest BCUT2D eigenvalue weighted by Crippen LogP contribution is 2.25. The average Bonchev–Trinajstić information content (AvgIpc) is 2.38. The van der Waals surface area contributed by atoms with Gasteiger partial charge in [0.2, 0.25) is 0 Å². The minimum absolute atomic E-state index is 0.0372. The molecule has 0 bridgehead atoms. The number of ether oxygens (including phenoxy) is 1. The lowest BCUT2D eigenvalue weighted by Crippen LogP contribution is -2.44. The van der Waals surface area contributed by atoms with Crippen molar-refractivity contribution >= 4 is 22.9 Å². The fourth-order valence-electron chi connectivity index (χ4n) is 2.07. The Morgan fingerprint density at radius 3 is 3.06 bits per heavy atom. The Kier molecular flexibility index (Phi) is 4.11. The molecule has 1 aliphatic heterocycles. The number of benzene rings is 1. The van der Waals surface area contributed by atoms with Crippen LogP contribution in [0.15, 0.2) is 18.2 Å². The van der Waals surface area contributed by atoms with Crippen LogP contribution < -0.4 is 10.6 Å². The first-order valence-electron chi connectivity index (χ1n) is 5.69. The molecule has 1 aromatic rings. The van der Waals surface area contributed by atoms with E-state index in [0.717, 1.165) is 0 Å². The summed E-state index contributed by atoms with van der Waals surface area (Å²) >= 11 is 4.89. The summed E-state index contributed by atoms with van der Waals surface area (Å²) in [5.41, 5.74) is 6.49. The number of nitrogens with zero attached hydrogens (tertiary/aromatic N) is 1. The van der Waals surface area contributed by atoms with Crippen molar-refractivity contribution in [1.29, 1.82) is 0 Å². The highest BCUT2D eigenvalue weighted by molar-refractivity contribution is 7.80. The lowest BCUT2D eigenvalue weighted by molar-refractivity contribution is 0.00355. The van der Waals surface area contributed by atoms with E-state index in [9.17, 15) is 4.39 Å². The predicted octanol–water partition coefficient (Wildman–Crippen LogP) is 0.657. The standard InChI is InChI=1S/C12H15FN2O2S/c13-9-2-1-3-10(11(9)12(14)18)15-4-5-17-8(6-15)7-16/h1-3,8,16H,4-7H2,(H2,14,18). The van der Waals surface area contributed by atoms with Gasteiger partial charge >= 0.3 is 0 Å². The summed E-state index contributed by atoms with van der Waals surface area (Å²) in [4.78, 5) is 1.97. The van der Waals surface area contributed by atoms with Gasteiger partial charge in [-0.2, -0.15) is 0 Å². The molecule has 3 N–H and O–H groups in total. The molecule has 98 valence electrons. The third-order valence-electron chi connectivity index (χ3n) is 2.92. The highest BCUT2D eigenvalue weighted by atomic mass is 32.1. The zero-order chi connectivity index (χ0) is 13.1. The molecular weight excluding hydrogens is 255 g/mol. The van der Waals surface area contributed by atoms with Crippen molar-refractivity contribution in [3.8, 4) is 0 Å². The van der Waals surface area contributed by atoms with Crippen LogP contribution >= 0.6 is 12.2 Å². The number of thiocarbonyl (C=S) groups is 1. The molecule has 1 aromatic carbocycles. The summed E-state index contributed by atoms with van der Waals surface area (Å²) < 4.78 is 19.1. The van der Waals surface area contributed by atoms with Crippen molar-refractivity contribution in [1.82, 2.24) is 0 Å². The smallest absolute Gasteiger partial charge is 0.135 e. The van der Waals surface area contributed by atoms with Crippen molar-refractivity contribution in [3.05, 3.63) is 29.6 Å². The van der Waals surface area contributed by atoms with Crippen molar-refractivity contribution in [3.63, 3.8) is 0 Å². The van der Waals surface area contributed by atoms with E-state index < -0.39 is 5.82 Å². The average molecular weight is 270 g/mol. The number of halogens is 1. The molecule has 0 saturated carbocycles. The van der Waals surface area contributed by atoms with Gasteiger partial charge in [-0.1, -0.05) is 18.3 Å². The lowest BCUT2D eigenvalue weighted by atomic mass is 10.1. The van der Waals surface area contributed by atoms with Gasteiger partial charge < -0.3 is 20.5 Å². The van der Waals surface area contributed by atoms with E-state index in [0.29, 0.717) is 25.4 Å². The van der Waals surface area contributed by atoms with Crippen LogP contribution in [-0.2, 0) is 4.74 Å². The number of rotatable bonds is 3. The fraction of sp³-hybridized carbons (Fsp3) is 0.417. The van der Waals surface area contributed by atoms with Crippen LogP contribution in [0.5, 0.6) is 0 Å². The second kappa shape index (κ2) is 5.60. The van der Waals surface area contributed by atoms with Gasteiger partial charge in [-0.15, -0.1) is 0 Å². The van der Waals surface area contributed by atoms with E-state index in [1.54, 1.807) is 12.1 Å². The van der Waals surface area contributed by atoms with Gasteiger partial charge in [0.1, 0.15) is 10.8 Å². The molecule has 1 unspecified atom stereocenters. The maximum Gasteiger partial charge on any atom is 0.135 e. The zero-order valence-electron chi connectivity index (χ0n) is 9.80. The summed E-state index contributed by atoms with van der Waals surface area (Å²) in [7, 11) is 0. The van der Waals surface area contributed by atoms with E-state index in [-0.39, 0.29) is 23.3 Å². The Morgan fingerprint density at radius 1 is 1.61 bits per heavy atom. The minimum atomic E-state index is -0.424. The number of anilines is 1. The maximum absolute atomic E-state index is 13.8. The van der Waals surface area contributed by atoms with E-state index in [1.165, 1.54) is 6.07 Å². The van der Waals surface area contributed by atoms with Crippen molar-refractivity contribution in [2.75, 3.05) is 31.2 Å². The van der Waals surface area contributed by atoms with Crippen LogP contribution in [0.4, 0.5) is 10.1 Å². The third-order valence-corrected chi connectivity index (χ3v) is 3.13. The first-order valence-corrected chi connectivity index (χ1v) is 6.10. The van der Waals surface area contributed by atoms with Crippen LogP contribution in [-0.4, -0.2) is 42.5 Å². The third kappa shape index (κ3) is 2.60. The van der Waals surface area contributed by atoms with E-state index >= 15 is 0 Å². The second-order valence-electron chi connectivity index (χ2n) is 4.12. The molecule has 6 heteroatoms. The molecular formula is C12H15FN2O2S. The Bertz CT molecular complexity index is 456. The molecule has 4 nitrogen and oxygen atoms in total. The quantitative estimate of drug-likeness (QED) is 0.790. The molecule has 1 fully saturated rings. The van der Waals surface area contributed by atoms with Gasteiger partial charge in [-0.05, 0) is 12.1 Å². The van der Waals surface area contributed by atoms with Crippen LogP contribution in [0.1, 0.15) is 5.56 Å². The summed E-state index contributed by atoms with van der Waals surface area (Å²) in [5, 5.41) is 9.11. The Balaban J connectivity index is 2.32. The number of aliphatic hydroxyl groups excluding tert-OH is 1. The van der Waals surface area contributed by atoms with Crippen LogP contribution in [0.2, 0.25) is 0 Å². The van der Waals surface area contributed by atoms with Gasteiger partial charge in [-0.25, -0.2) is 4.39 Å². The van der Waals surface area contributed by atoms with Gasteiger partial charge in [-0.3, -0.25) is 0 Å². The predicted molar refractivity (Wildman–Crippen MR) is 71.3 cm³/mol. The molecule has 1 aliphatic rings. The number of nitrogens with two attached hydrogens (primary N) is 1. The number of aliphatic hydroxyl groups is 1. The van der Waals surface area contributed by atoms with Crippen LogP contribution in [0.25, 0.3) is 0 Å². The Hall–Kier alpha value is -1.24. The van der Waals surface area contributed by atoms with Crippen molar-refractivity contribution < 1.29 is 14.2 Å². The first-order chi connectivity index (χ1) is 8.63. The molecule has 2 rings (SSSR count). The maximum atomic E-state index is 13.8. The van der Waals surface area contributed by atoms with Gasteiger partial charge in [0.25, 0.3) is 0 Å². The fourth-order valence-corrected chi connectivity index (χ4v) is 2.27. The zero-order valence-corrected chi connectivity index (χ0v) is 10.6. The normalized spacial score (nSPS) is 19.9. The number of hydrogen-bond acceptors (Lipinski definition) is 4. The lowest BCUT2D eigenvalue weighted by Gasteiger charge is -2.34. The summed E-state index contributed by atoms with van der Waals surface area (Å²) in [5.74, 6) is -0.424. The van der Waals surface area contributed by atoms with Gasteiger partial charge in [0.05, 0.1) is 30.6 Å². The van der Waals surface area contributed by atoms with Crippen LogP contribution in [0.3, 0.4) is 0 Å². The van der Waals surface area contributed by atoms with Gasteiger partial charge in [0, 0.05) is 13.1 Å². The molecule has 1 atom stereocenters. The molecule has 1 heterocycles. The van der Waals surface area contributed by atoms with E-state index in [4.69, 9.17) is 27.8 Å². The molecule has 0 aliphatic carbocycles. The summed E-state index contributed by atoms with van der Waals surface area (Å²) in [6.45, 7) is 1.54. The molecule has 0 aromatic heterocycles. The monoisotopic (exact) mass is 270 g/mol. The summed E-state index contributed by atoms with van der Waals surface area (Å²) in [6, 6.07) is 4.73. The number of morpholine rings is 1. The minimum Gasteiger partial charge on any atom is -0.394 e.